The largest absolute Gasteiger partial charge is 0.452 e. The van der Waals surface area contributed by atoms with E-state index in [1.54, 1.807) is 31.2 Å². The molecular formula is C13H13BrClNO3S. The Kier molecular flexibility index (Phi) is 4.78. The van der Waals surface area contributed by atoms with Gasteiger partial charge < -0.3 is 4.42 Å². The van der Waals surface area contributed by atoms with Crippen LogP contribution >= 0.6 is 27.5 Å². The van der Waals surface area contributed by atoms with E-state index in [9.17, 15) is 8.42 Å². The van der Waals surface area contributed by atoms with Crippen LogP contribution in [0.4, 0.5) is 5.69 Å². The second kappa shape index (κ2) is 6.20. The van der Waals surface area contributed by atoms with Crippen LogP contribution < -0.4 is 4.31 Å². The first-order valence-electron chi connectivity index (χ1n) is 5.92. The number of halogens is 2. The molecule has 7 heteroatoms. The van der Waals surface area contributed by atoms with Crippen molar-refractivity contribution in [3.05, 3.63) is 46.8 Å². The zero-order valence-corrected chi connectivity index (χ0v) is 13.9. The average Bonchev–Trinajstić information content (AvgIpc) is 2.82. The van der Waals surface area contributed by atoms with E-state index >= 15 is 0 Å². The van der Waals surface area contributed by atoms with Crippen LogP contribution in [-0.4, -0.2) is 15.0 Å². The molecule has 0 saturated carbocycles. The Hall–Kier alpha value is -0.980. The second-order valence-electron chi connectivity index (χ2n) is 3.99. The third-order valence-corrected chi connectivity index (χ3v) is 5.76. The summed E-state index contributed by atoms with van der Waals surface area (Å²) < 4.78 is 32.2. The first-order chi connectivity index (χ1) is 9.50. The van der Waals surface area contributed by atoms with Crippen molar-refractivity contribution in [1.82, 2.24) is 0 Å². The monoisotopic (exact) mass is 377 g/mol. The van der Waals surface area contributed by atoms with Gasteiger partial charge in [0.1, 0.15) is 10.7 Å². The van der Waals surface area contributed by atoms with E-state index in [1.165, 1.54) is 10.4 Å². The van der Waals surface area contributed by atoms with Crippen LogP contribution in [0.15, 0.2) is 50.4 Å². The Morgan fingerprint density at radius 2 is 1.95 bits per heavy atom. The molecule has 0 radical (unpaired) electrons. The van der Waals surface area contributed by atoms with Gasteiger partial charge in [0.05, 0.1) is 11.6 Å². The third kappa shape index (κ3) is 2.87. The molecule has 2 aromatic rings. The number of alkyl halides is 1. The number of furan rings is 1. The number of nitrogens with zero attached hydrogens (tertiary/aromatic N) is 1. The molecule has 0 N–H and O–H groups in total. The SMILES string of the molecule is CCN(c1ccccc1)S(=O)(=O)c1cc(CCl)oc1Br. The summed E-state index contributed by atoms with van der Waals surface area (Å²) >= 11 is 8.80. The number of rotatable bonds is 5. The minimum Gasteiger partial charge on any atom is -0.452 e. The highest BCUT2D eigenvalue weighted by molar-refractivity contribution is 9.10. The molecule has 108 valence electrons. The Morgan fingerprint density at radius 1 is 1.30 bits per heavy atom. The van der Waals surface area contributed by atoms with Crippen molar-refractivity contribution in [2.45, 2.75) is 17.7 Å². The molecule has 1 aromatic carbocycles. The summed E-state index contributed by atoms with van der Waals surface area (Å²) in [5, 5.41) is 0. The lowest BCUT2D eigenvalue weighted by Gasteiger charge is -2.22. The van der Waals surface area contributed by atoms with Crippen molar-refractivity contribution in [3.63, 3.8) is 0 Å². The van der Waals surface area contributed by atoms with Gasteiger partial charge in [-0.15, -0.1) is 11.6 Å². The summed E-state index contributed by atoms with van der Waals surface area (Å²) in [6, 6.07) is 10.4. The molecule has 0 saturated heterocycles. The van der Waals surface area contributed by atoms with Crippen LogP contribution in [0.3, 0.4) is 0 Å². The lowest BCUT2D eigenvalue weighted by molar-refractivity contribution is 0.498. The van der Waals surface area contributed by atoms with Crippen LogP contribution in [0.5, 0.6) is 0 Å². The van der Waals surface area contributed by atoms with Gasteiger partial charge in [0, 0.05) is 12.6 Å². The topological polar surface area (TPSA) is 50.5 Å². The predicted molar refractivity (Wildman–Crippen MR) is 82.6 cm³/mol. The van der Waals surface area contributed by atoms with Gasteiger partial charge >= 0.3 is 0 Å². The fourth-order valence-electron chi connectivity index (χ4n) is 1.84. The third-order valence-electron chi connectivity index (χ3n) is 2.74. The van der Waals surface area contributed by atoms with Gasteiger partial charge in [-0.25, -0.2) is 8.42 Å². The minimum atomic E-state index is -3.69. The number of hydrogen-bond donors (Lipinski definition) is 0. The number of sulfonamides is 1. The van der Waals surface area contributed by atoms with E-state index in [1.807, 2.05) is 6.07 Å². The fraction of sp³-hybridized carbons (Fsp3) is 0.231. The molecule has 4 nitrogen and oxygen atoms in total. The maximum atomic E-state index is 12.7. The lowest BCUT2D eigenvalue weighted by atomic mass is 10.3. The number of para-hydroxylation sites is 1. The van der Waals surface area contributed by atoms with E-state index < -0.39 is 10.0 Å². The Balaban J connectivity index is 2.49. The van der Waals surface area contributed by atoms with Crippen LogP contribution in [-0.2, 0) is 15.9 Å². The van der Waals surface area contributed by atoms with Gasteiger partial charge in [0.15, 0.2) is 4.67 Å². The smallest absolute Gasteiger partial charge is 0.268 e. The number of hydrogen-bond acceptors (Lipinski definition) is 3. The maximum absolute atomic E-state index is 12.7. The van der Waals surface area contributed by atoms with E-state index in [-0.39, 0.29) is 15.4 Å². The Bertz CT molecular complexity index is 685. The highest BCUT2D eigenvalue weighted by atomic mass is 79.9. The standard InChI is InChI=1S/C13H13BrClNO3S/c1-2-16(10-6-4-3-5-7-10)20(17,18)12-8-11(9-15)19-13(12)14/h3-8H,2,9H2,1H3. The molecule has 1 heterocycles. The average molecular weight is 379 g/mol. The Labute approximate surface area is 131 Å². The second-order valence-corrected chi connectivity index (χ2v) is 6.81. The molecule has 0 aliphatic heterocycles. The highest BCUT2D eigenvalue weighted by Gasteiger charge is 2.28. The summed E-state index contributed by atoms with van der Waals surface area (Å²) in [7, 11) is -3.69. The summed E-state index contributed by atoms with van der Waals surface area (Å²) in [5.74, 6) is 0.521. The molecule has 20 heavy (non-hydrogen) atoms. The van der Waals surface area contributed by atoms with E-state index in [2.05, 4.69) is 15.9 Å². The molecule has 2 rings (SSSR count). The molecular weight excluding hydrogens is 366 g/mol. The molecule has 0 aliphatic rings. The molecule has 0 atom stereocenters. The number of benzene rings is 1. The lowest BCUT2D eigenvalue weighted by Crippen LogP contribution is -2.30. The van der Waals surface area contributed by atoms with Crippen molar-refractivity contribution in [3.8, 4) is 0 Å². The maximum Gasteiger partial charge on any atom is 0.268 e. The minimum absolute atomic E-state index is 0.0823. The van der Waals surface area contributed by atoms with E-state index in [0.717, 1.165) is 0 Å². The van der Waals surface area contributed by atoms with Gasteiger partial charge in [-0.3, -0.25) is 4.31 Å². The molecule has 0 unspecified atom stereocenters. The molecule has 1 aromatic heterocycles. The highest BCUT2D eigenvalue weighted by Crippen LogP contribution is 2.31. The first-order valence-corrected chi connectivity index (χ1v) is 8.69. The zero-order chi connectivity index (χ0) is 14.8. The molecule has 0 spiro atoms. The van der Waals surface area contributed by atoms with Crippen LogP contribution in [0.1, 0.15) is 12.7 Å². The summed E-state index contributed by atoms with van der Waals surface area (Å²) in [6.45, 7) is 2.10. The summed E-state index contributed by atoms with van der Waals surface area (Å²) in [6.07, 6.45) is 0. The Morgan fingerprint density at radius 3 is 2.45 bits per heavy atom. The van der Waals surface area contributed by atoms with Crippen molar-refractivity contribution in [1.29, 1.82) is 0 Å². The van der Waals surface area contributed by atoms with Crippen LogP contribution in [0.25, 0.3) is 0 Å². The van der Waals surface area contributed by atoms with Crippen LogP contribution in [0, 0.1) is 0 Å². The quantitative estimate of drug-likeness (QED) is 0.739. The van der Waals surface area contributed by atoms with Crippen molar-refractivity contribution in [2.24, 2.45) is 0 Å². The van der Waals surface area contributed by atoms with E-state index in [0.29, 0.717) is 18.0 Å². The predicted octanol–water partition coefficient (Wildman–Crippen LogP) is 4.00. The van der Waals surface area contributed by atoms with Gasteiger partial charge in [0.25, 0.3) is 10.0 Å². The summed E-state index contributed by atoms with van der Waals surface area (Å²) in [4.78, 5) is 0.0823. The molecule has 0 aliphatic carbocycles. The van der Waals surface area contributed by atoms with Crippen molar-refractivity contribution in [2.75, 3.05) is 10.8 Å². The number of anilines is 1. The van der Waals surface area contributed by atoms with Crippen LogP contribution in [0.2, 0.25) is 0 Å². The van der Waals surface area contributed by atoms with E-state index in [4.69, 9.17) is 16.0 Å². The molecule has 0 amide bonds. The van der Waals surface area contributed by atoms with Gasteiger partial charge in [0.2, 0.25) is 0 Å². The molecule has 0 fully saturated rings. The first kappa shape index (κ1) is 15.4. The molecule has 0 bridgehead atoms. The summed E-state index contributed by atoms with van der Waals surface area (Å²) in [5.41, 5.74) is 0.607. The van der Waals surface area contributed by atoms with Gasteiger partial charge in [-0.05, 0) is 35.0 Å². The van der Waals surface area contributed by atoms with Crippen molar-refractivity contribution >= 4 is 43.2 Å². The van der Waals surface area contributed by atoms with Gasteiger partial charge in [-0.2, -0.15) is 0 Å². The van der Waals surface area contributed by atoms with Gasteiger partial charge in [-0.1, -0.05) is 18.2 Å². The zero-order valence-electron chi connectivity index (χ0n) is 10.7. The fourth-order valence-corrected chi connectivity index (χ4v) is 4.41. The van der Waals surface area contributed by atoms with Crippen molar-refractivity contribution < 1.29 is 12.8 Å². The normalized spacial score (nSPS) is 11.6.